The van der Waals surface area contributed by atoms with Crippen LogP contribution in [-0.4, -0.2) is 43.9 Å². The number of hydrogen-bond acceptors (Lipinski definition) is 5. The Morgan fingerprint density at radius 3 is 2.31 bits per heavy atom. The van der Waals surface area contributed by atoms with Gasteiger partial charge in [0.25, 0.3) is 0 Å². The second kappa shape index (κ2) is 8.44. The molecular formula is C21H22ClN3O2S2. The number of sulfonamides is 1. The van der Waals surface area contributed by atoms with Gasteiger partial charge in [0, 0.05) is 43.0 Å². The van der Waals surface area contributed by atoms with E-state index in [4.69, 9.17) is 16.6 Å². The second-order valence-corrected chi connectivity index (χ2v) is 10.3. The Hall–Kier alpha value is -1.93. The topological polar surface area (TPSA) is 53.5 Å². The molecule has 0 saturated carbocycles. The summed E-state index contributed by atoms with van der Waals surface area (Å²) in [4.78, 5) is 7.27. The second-order valence-electron chi connectivity index (χ2n) is 7.13. The van der Waals surface area contributed by atoms with Crippen molar-refractivity contribution >= 4 is 38.1 Å². The number of anilines is 1. The number of thiazole rings is 1. The van der Waals surface area contributed by atoms with Crippen molar-refractivity contribution in [2.75, 3.05) is 31.1 Å². The summed E-state index contributed by atoms with van der Waals surface area (Å²) in [7, 11) is -3.44. The zero-order chi connectivity index (χ0) is 20.4. The summed E-state index contributed by atoms with van der Waals surface area (Å²) >= 11 is 7.55. The van der Waals surface area contributed by atoms with Crippen molar-refractivity contribution in [2.24, 2.45) is 0 Å². The first kappa shape index (κ1) is 20.3. The van der Waals surface area contributed by atoms with Gasteiger partial charge in [0.15, 0.2) is 5.13 Å². The normalized spacial score (nSPS) is 15.6. The minimum absolute atomic E-state index is 0.357. The molecule has 0 radical (unpaired) electrons. The Kier molecular flexibility index (Phi) is 5.92. The Labute approximate surface area is 180 Å². The molecule has 3 aromatic rings. The Balaban J connectivity index is 1.39. The summed E-state index contributed by atoms with van der Waals surface area (Å²) in [5, 5.41) is 3.74. The van der Waals surface area contributed by atoms with E-state index in [1.54, 1.807) is 27.8 Å². The van der Waals surface area contributed by atoms with Gasteiger partial charge >= 0.3 is 0 Å². The van der Waals surface area contributed by atoms with Crippen molar-refractivity contribution in [2.45, 2.75) is 18.2 Å². The number of halogens is 1. The van der Waals surface area contributed by atoms with Gasteiger partial charge in [-0.2, -0.15) is 4.31 Å². The molecule has 0 spiro atoms. The Morgan fingerprint density at radius 1 is 1.00 bits per heavy atom. The lowest BCUT2D eigenvalue weighted by Crippen LogP contribution is -2.48. The number of piperazine rings is 1. The molecule has 2 aromatic carbocycles. The molecule has 1 aliphatic heterocycles. The maximum atomic E-state index is 12.9. The average molecular weight is 448 g/mol. The van der Waals surface area contributed by atoms with Crippen LogP contribution in [0.5, 0.6) is 0 Å². The van der Waals surface area contributed by atoms with E-state index in [0.717, 1.165) is 27.8 Å². The van der Waals surface area contributed by atoms with E-state index in [2.05, 4.69) is 10.3 Å². The molecule has 2 heterocycles. The zero-order valence-electron chi connectivity index (χ0n) is 16.1. The quantitative estimate of drug-likeness (QED) is 0.588. The maximum Gasteiger partial charge on any atom is 0.243 e. The fourth-order valence-electron chi connectivity index (χ4n) is 3.31. The number of rotatable bonds is 5. The summed E-state index contributed by atoms with van der Waals surface area (Å²) in [6.07, 6.45) is 0.759. The molecule has 0 amide bonds. The van der Waals surface area contributed by atoms with E-state index in [-0.39, 0.29) is 0 Å². The molecule has 0 unspecified atom stereocenters. The lowest BCUT2D eigenvalue weighted by molar-refractivity contribution is 0.384. The van der Waals surface area contributed by atoms with Gasteiger partial charge in [-0.1, -0.05) is 41.4 Å². The molecule has 4 rings (SSSR count). The van der Waals surface area contributed by atoms with Gasteiger partial charge in [0.05, 0.1) is 10.6 Å². The number of aryl methyl sites for hydroxylation is 1. The zero-order valence-corrected chi connectivity index (χ0v) is 18.5. The predicted octanol–water partition coefficient (Wildman–Crippen LogP) is 4.21. The molecule has 1 saturated heterocycles. The third-order valence-electron chi connectivity index (χ3n) is 5.01. The van der Waals surface area contributed by atoms with Crippen molar-refractivity contribution in [3.63, 3.8) is 0 Å². The first-order valence-electron chi connectivity index (χ1n) is 9.42. The van der Waals surface area contributed by atoms with E-state index >= 15 is 0 Å². The lowest BCUT2D eigenvalue weighted by Gasteiger charge is -2.33. The van der Waals surface area contributed by atoms with Crippen LogP contribution in [0.25, 0.3) is 0 Å². The largest absolute Gasteiger partial charge is 0.345 e. The summed E-state index contributed by atoms with van der Waals surface area (Å²) < 4.78 is 27.3. The summed E-state index contributed by atoms with van der Waals surface area (Å²) in [6, 6.07) is 14.8. The predicted molar refractivity (Wildman–Crippen MR) is 119 cm³/mol. The number of benzene rings is 2. The van der Waals surface area contributed by atoms with Crippen LogP contribution in [0.2, 0.25) is 5.02 Å². The molecule has 0 atom stereocenters. The summed E-state index contributed by atoms with van der Waals surface area (Å²) in [5.74, 6) is 0. The first-order valence-corrected chi connectivity index (χ1v) is 12.1. The SMILES string of the molecule is Cc1ccc(S(=O)(=O)N2CCN(c3nc(Cc4ccc(Cl)cc4)cs3)CC2)cc1. The third-order valence-corrected chi connectivity index (χ3v) is 8.12. The molecule has 5 nitrogen and oxygen atoms in total. The van der Waals surface area contributed by atoms with Crippen LogP contribution < -0.4 is 4.90 Å². The molecule has 8 heteroatoms. The van der Waals surface area contributed by atoms with E-state index < -0.39 is 10.0 Å². The number of aromatic nitrogens is 1. The standard InChI is InChI=1S/C21H22ClN3O2S2/c1-16-2-8-20(9-3-16)29(26,27)25-12-10-24(11-13-25)21-23-19(15-28-21)14-17-4-6-18(22)7-5-17/h2-9,15H,10-14H2,1H3. The average Bonchev–Trinajstić information content (AvgIpc) is 3.19. The van der Waals surface area contributed by atoms with E-state index in [1.807, 2.05) is 43.3 Å². The molecule has 0 aliphatic carbocycles. The lowest BCUT2D eigenvalue weighted by atomic mass is 10.1. The molecule has 0 bridgehead atoms. The van der Waals surface area contributed by atoms with Gasteiger partial charge in [-0.25, -0.2) is 13.4 Å². The molecule has 1 fully saturated rings. The van der Waals surface area contributed by atoms with Crippen LogP contribution in [0, 0.1) is 6.92 Å². The van der Waals surface area contributed by atoms with E-state index in [1.165, 1.54) is 5.56 Å². The van der Waals surface area contributed by atoms with Crippen LogP contribution in [0.15, 0.2) is 58.8 Å². The highest BCUT2D eigenvalue weighted by molar-refractivity contribution is 7.89. The molecule has 29 heavy (non-hydrogen) atoms. The minimum atomic E-state index is -3.44. The first-order chi connectivity index (χ1) is 13.9. The van der Waals surface area contributed by atoms with Crippen LogP contribution in [0.3, 0.4) is 0 Å². The summed E-state index contributed by atoms with van der Waals surface area (Å²) in [6.45, 7) is 4.15. The van der Waals surface area contributed by atoms with Gasteiger partial charge in [-0.3, -0.25) is 0 Å². The van der Waals surface area contributed by atoms with Crippen molar-refractivity contribution < 1.29 is 8.42 Å². The van der Waals surface area contributed by atoms with Crippen molar-refractivity contribution in [3.05, 3.63) is 75.8 Å². The van der Waals surface area contributed by atoms with Crippen molar-refractivity contribution in [3.8, 4) is 0 Å². The third kappa shape index (κ3) is 4.64. The highest BCUT2D eigenvalue weighted by Gasteiger charge is 2.29. The van der Waals surface area contributed by atoms with E-state index in [9.17, 15) is 8.42 Å². The monoisotopic (exact) mass is 447 g/mol. The fraction of sp³-hybridized carbons (Fsp3) is 0.286. The highest BCUT2D eigenvalue weighted by atomic mass is 35.5. The molecule has 0 N–H and O–H groups in total. The fourth-order valence-corrected chi connectivity index (χ4v) is 5.74. The van der Waals surface area contributed by atoms with E-state index in [0.29, 0.717) is 31.1 Å². The van der Waals surface area contributed by atoms with Gasteiger partial charge in [0.1, 0.15) is 0 Å². The van der Waals surface area contributed by atoms with Gasteiger partial charge in [0.2, 0.25) is 10.0 Å². The number of hydrogen-bond donors (Lipinski definition) is 0. The smallest absolute Gasteiger partial charge is 0.243 e. The number of nitrogens with zero attached hydrogens (tertiary/aromatic N) is 3. The Morgan fingerprint density at radius 2 is 1.66 bits per heavy atom. The van der Waals surface area contributed by atoms with Crippen LogP contribution in [-0.2, 0) is 16.4 Å². The van der Waals surface area contributed by atoms with Crippen LogP contribution in [0.1, 0.15) is 16.8 Å². The van der Waals surface area contributed by atoms with Gasteiger partial charge < -0.3 is 4.90 Å². The van der Waals surface area contributed by atoms with Gasteiger partial charge in [-0.05, 0) is 36.8 Å². The molecule has 152 valence electrons. The van der Waals surface area contributed by atoms with Crippen molar-refractivity contribution in [1.29, 1.82) is 0 Å². The van der Waals surface area contributed by atoms with Crippen LogP contribution >= 0.6 is 22.9 Å². The molecular weight excluding hydrogens is 426 g/mol. The van der Waals surface area contributed by atoms with Gasteiger partial charge in [-0.15, -0.1) is 11.3 Å². The highest BCUT2D eigenvalue weighted by Crippen LogP contribution is 2.25. The Bertz CT molecular complexity index is 1070. The minimum Gasteiger partial charge on any atom is -0.345 e. The van der Waals surface area contributed by atoms with Crippen LogP contribution in [0.4, 0.5) is 5.13 Å². The molecule has 1 aromatic heterocycles. The molecule has 1 aliphatic rings. The van der Waals surface area contributed by atoms with Crippen molar-refractivity contribution in [1.82, 2.24) is 9.29 Å². The maximum absolute atomic E-state index is 12.9. The summed E-state index contributed by atoms with van der Waals surface area (Å²) in [5.41, 5.74) is 3.23.